The summed E-state index contributed by atoms with van der Waals surface area (Å²) in [5.41, 5.74) is 3.12. The van der Waals surface area contributed by atoms with Crippen LogP contribution in [0.25, 0.3) is 10.9 Å². The quantitative estimate of drug-likeness (QED) is 0.531. The van der Waals surface area contributed by atoms with Crippen molar-refractivity contribution in [3.05, 3.63) is 30.0 Å². The minimum atomic E-state index is 0.878. The van der Waals surface area contributed by atoms with E-state index in [4.69, 9.17) is 7.85 Å². The maximum Gasteiger partial charge on any atom is 0.115 e. The van der Waals surface area contributed by atoms with Gasteiger partial charge < -0.3 is 4.98 Å². The van der Waals surface area contributed by atoms with Crippen LogP contribution < -0.4 is 5.46 Å². The fraction of sp³-hybridized carbons (Fsp3) is 0.111. The van der Waals surface area contributed by atoms with Crippen molar-refractivity contribution in [2.75, 3.05) is 0 Å². The molecule has 0 amide bonds. The van der Waals surface area contributed by atoms with Crippen molar-refractivity contribution in [1.29, 1.82) is 0 Å². The number of aryl methyl sites for hydroxylation is 1. The van der Waals surface area contributed by atoms with Crippen molar-refractivity contribution in [2.45, 2.75) is 6.92 Å². The summed E-state index contributed by atoms with van der Waals surface area (Å²) >= 11 is 0. The molecule has 1 aromatic heterocycles. The summed E-state index contributed by atoms with van der Waals surface area (Å²) in [5, 5.41) is 1.12. The Kier molecular flexibility index (Phi) is 1.28. The SMILES string of the molecule is [B]c1c(C)ccc2[nH]ccc12. The molecule has 0 aliphatic rings. The van der Waals surface area contributed by atoms with Crippen LogP contribution >= 0.6 is 0 Å². The van der Waals surface area contributed by atoms with Crippen LogP contribution in [0, 0.1) is 6.92 Å². The van der Waals surface area contributed by atoms with Gasteiger partial charge in [0.1, 0.15) is 7.85 Å². The van der Waals surface area contributed by atoms with Gasteiger partial charge in [-0.15, -0.1) is 0 Å². The number of rotatable bonds is 0. The highest BCUT2D eigenvalue weighted by Crippen LogP contribution is 2.09. The highest BCUT2D eigenvalue weighted by atomic mass is 14.7. The van der Waals surface area contributed by atoms with E-state index in [0.717, 1.165) is 21.9 Å². The van der Waals surface area contributed by atoms with Crippen LogP contribution in [0.3, 0.4) is 0 Å². The van der Waals surface area contributed by atoms with Crippen molar-refractivity contribution < 1.29 is 0 Å². The number of aromatic amines is 1. The molecule has 0 saturated heterocycles. The van der Waals surface area contributed by atoms with Gasteiger partial charge in [0.2, 0.25) is 0 Å². The molecule has 0 spiro atoms. The van der Waals surface area contributed by atoms with E-state index in [0.29, 0.717) is 0 Å². The number of aromatic nitrogens is 1. The lowest BCUT2D eigenvalue weighted by Crippen LogP contribution is -2.06. The van der Waals surface area contributed by atoms with Crippen LogP contribution in [0.15, 0.2) is 24.4 Å². The molecular formula is C9H8BN. The van der Waals surface area contributed by atoms with E-state index in [2.05, 4.69) is 4.98 Å². The Hall–Kier alpha value is -1.18. The molecule has 2 aromatic rings. The van der Waals surface area contributed by atoms with Crippen LogP contribution in [0.4, 0.5) is 0 Å². The predicted octanol–water partition coefficient (Wildman–Crippen LogP) is 1.27. The van der Waals surface area contributed by atoms with Crippen LogP contribution in [0.1, 0.15) is 5.56 Å². The summed E-state index contributed by atoms with van der Waals surface area (Å²) in [6.07, 6.45) is 1.90. The molecule has 1 N–H and O–H groups in total. The third-order valence-electron chi connectivity index (χ3n) is 1.99. The Morgan fingerprint density at radius 1 is 1.27 bits per heavy atom. The highest BCUT2D eigenvalue weighted by molar-refractivity contribution is 6.39. The Morgan fingerprint density at radius 3 is 2.91 bits per heavy atom. The molecule has 0 saturated carbocycles. The molecule has 0 unspecified atom stereocenters. The molecule has 1 nitrogen and oxygen atoms in total. The largest absolute Gasteiger partial charge is 0.361 e. The van der Waals surface area contributed by atoms with E-state index in [1.165, 1.54) is 0 Å². The Bertz CT molecular complexity index is 389. The van der Waals surface area contributed by atoms with Crippen molar-refractivity contribution in [3.63, 3.8) is 0 Å². The zero-order valence-electron chi connectivity index (χ0n) is 6.39. The number of H-pyrrole nitrogens is 1. The fourth-order valence-corrected chi connectivity index (χ4v) is 1.27. The lowest BCUT2D eigenvalue weighted by molar-refractivity contribution is 1.47. The Labute approximate surface area is 66.8 Å². The molecule has 0 aliphatic heterocycles. The average Bonchev–Trinajstić information content (AvgIpc) is 2.45. The van der Waals surface area contributed by atoms with Crippen LogP contribution in [0.5, 0.6) is 0 Å². The lowest BCUT2D eigenvalue weighted by atomic mass is 9.88. The standard InChI is InChI=1S/C9H8BN/c1-6-2-3-8-7(9(6)10)4-5-11-8/h2-5,11H,1H3. The van der Waals surface area contributed by atoms with Gasteiger partial charge >= 0.3 is 0 Å². The number of hydrogen-bond acceptors (Lipinski definition) is 0. The molecular weight excluding hydrogens is 133 g/mol. The number of hydrogen-bond donors (Lipinski definition) is 1. The average molecular weight is 141 g/mol. The van der Waals surface area contributed by atoms with Gasteiger partial charge in [-0.3, -0.25) is 0 Å². The number of fused-ring (bicyclic) bond motifs is 1. The summed E-state index contributed by atoms with van der Waals surface area (Å²) in [5.74, 6) is 0. The first-order chi connectivity index (χ1) is 5.29. The van der Waals surface area contributed by atoms with Crippen molar-refractivity contribution in [2.24, 2.45) is 0 Å². The summed E-state index contributed by atoms with van der Waals surface area (Å²) in [7, 11) is 5.84. The number of benzene rings is 1. The fourth-order valence-electron chi connectivity index (χ4n) is 1.27. The second-order valence-corrected chi connectivity index (χ2v) is 2.74. The van der Waals surface area contributed by atoms with Crippen LogP contribution in [-0.2, 0) is 0 Å². The molecule has 1 aromatic carbocycles. The van der Waals surface area contributed by atoms with E-state index in [1.54, 1.807) is 0 Å². The van der Waals surface area contributed by atoms with E-state index >= 15 is 0 Å². The Morgan fingerprint density at radius 2 is 2.09 bits per heavy atom. The Balaban J connectivity index is 2.93. The minimum absolute atomic E-state index is 0.878. The summed E-state index contributed by atoms with van der Waals surface area (Å²) in [6.45, 7) is 2.02. The van der Waals surface area contributed by atoms with Gasteiger partial charge in [0.25, 0.3) is 0 Å². The van der Waals surface area contributed by atoms with E-state index in [-0.39, 0.29) is 0 Å². The van der Waals surface area contributed by atoms with Crippen LogP contribution in [-0.4, -0.2) is 12.8 Å². The first-order valence-corrected chi connectivity index (χ1v) is 3.61. The first-order valence-electron chi connectivity index (χ1n) is 3.61. The topological polar surface area (TPSA) is 15.8 Å². The summed E-state index contributed by atoms with van der Waals surface area (Å²) in [6, 6.07) is 6.06. The molecule has 0 atom stereocenters. The molecule has 0 aliphatic carbocycles. The van der Waals surface area contributed by atoms with E-state index in [9.17, 15) is 0 Å². The van der Waals surface area contributed by atoms with Gasteiger partial charge in [0.05, 0.1) is 0 Å². The van der Waals surface area contributed by atoms with Gasteiger partial charge in [-0.1, -0.05) is 17.1 Å². The zero-order chi connectivity index (χ0) is 7.84. The molecule has 52 valence electrons. The van der Waals surface area contributed by atoms with Crippen molar-refractivity contribution in [3.8, 4) is 0 Å². The normalized spacial score (nSPS) is 10.6. The molecule has 2 radical (unpaired) electrons. The maximum absolute atomic E-state index is 5.84. The lowest BCUT2D eigenvalue weighted by Gasteiger charge is -2.00. The summed E-state index contributed by atoms with van der Waals surface area (Å²) < 4.78 is 0. The predicted molar refractivity (Wildman–Crippen MR) is 48.4 cm³/mol. The van der Waals surface area contributed by atoms with E-state index < -0.39 is 0 Å². The van der Waals surface area contributed by atoms with Crippen LogP contribution in [0.2, 0.25) is 0 Å². The van der Waals surface area contributed by atoms with Crippen molar-refractivity contribution in [1.82, 2.24) is 4.98 Å². The highest BCUT2D eigenvalue weighted by Gasteiger charge is 1.98. The third kappa shape index (κ3) is 0.863. The van der Waals surface area contributed by atoms with Gasteiger partial charge in [0.15, 0.2) is 0 Å². The molecule has 2 heteroatoms. The zero-order valence-corrected chi connectivity index (χ0v) is 6.39. The maximum atomic E-state index is 5.84. The van der Waals surface area contributed by atoms with Gasteiger partial charge in [0, 0.05) is 11.7 Å². The molecule has 11 heavy (non-hydrogen) atoms. The van der Waals surface area contributed by atoms with E-state index in [1.807, 2.05) is 31.3 Å². The van der Waals surface area contributed by atoms with Gasteiger partial charge in [-0.25, -0.2) is 0 Å². The van der Waals surface area contributed by atoms with Crippen molar-refractivity contribution >= 4 is 24.2 Å². The van der Waals surface area contributed by atoms with Gasteiger partial charge in [-0.05, 0) is 24.4 Å². The third-order valence-corrected chi connectivity index (χ3v) is 1.99. The molecule has 0 bridgehead atoms. The second kappa shape index (κ2) is 2.16. The second-order valence-electron chi connectivity index (χ2n) is 2.74. The molecule has 0 fully saturated rings. The molecule has 1 heterocycles. The molecule has 2 rings (SSSR count). The smallest absolute Gasteiger partial charge is 0.115 e. The first kappa shape index (κ1) is 6.53. The summed E-state index contributed by atoms with van der Waals surface area (Å²) in [4.78, 5) is 3.11. The monoisotopic (exact) mass is 141 g/mol. The minimum Gasteiger partial charge on any atom is -0.361 e. The number of nitrogens with one attached hydrogen (secondary N) is 1. The van der Waals surface area contributed by atoms with Gasteiger partial charge in [-0.2, -0.15) is 0 Å².